The number of fused-ring (bicyclic) bond motifs is 2. The number of anilines is 1. The van der Waals surface area contributed by atoms with Gasteiger partial charge in [-0.25, -0.2) is 9.79 Å². The van der Waals surface area contributed by atoms with Gasteiger partial charge in [0.15, 0.2) is 0 Å². The van der Waals surface area contributed by atoms with Gasteiger partial charge in [-0.15, -0.1) is 11.8 Å². The molecule has 0 radical (unpaired) electrons. The highest BCUT2D eigenvalue weighted by atomic mass is 32.2. The van der Waals surface area contributed by atoms with Crippen molar-refractivity contribution in [1.82, 2.24) is 0 Å². The summed E-state index contributed by atoms with van der Waals surface area (Å²) in [4.78, 5) is 21.9. The second kappa shape index (κ2) is 9.00. The van der Waals surface area contributed by atoms with E-state index in [1.54, 1.807) is 7.05 Å². The first-order chi connectivity index (χ1) is 14.6. The van der Waals surface area contributed by atoms with Crippen LogP contribution in [0, 0.1) is 0 Å². The van der Waals surface area contributed by atoms with Gasteiger partial charge < -0.3 is 14.8 Å². The first kappa shape index (κ1) is 21.2. The Hall–Kier alpha value is -2.02. The molecule has 0 bridgehead atoms. The molecule has 4 rings (SSSR count). The minimum Gasteiger partial charge on any atom is -0.462 e. The topological polar surface area (TPSA) is 72.3 Å². The van der Waals surface area contributed by atoms with Crippen molar-refractivity contribution in [2.24, 2.45) is 9.98 Å². The van der Waals surface area contributed by atoms with Gasteiger partial charge >= 0.3 is 5.97 Å². The number of amidine groups is 1. The molecule has 0 amide bonds. The van der Waals surface area contributed by atoms with E-state index in [1.807, 2.05) is 6.26 Å². The summed E-state index contributed by atoms with van der Waals surface area (Å²) in [6, 6.07) is 2.80. The molecule has 2 aliphatic carbocycles. The van der Waals surface area contributed by atoms with Crippen molar-refractivity contribution >= 4 is 34.5 Å². The summed E-state index contributed by atoms with van der Waals surface area (Å²) in [7, 11) is 1.68. The standard InChI is InChI=1S/C23H31N3O3S/c1-4-5-12-28-21(27)23(20(24-2)30-3)14-25-22(29-23)26-19-17-10-6-8-15(17)13-16-9-7-11-18(16)19/h13H,4-12,14H2,1-3H3,(H,25,26)/b24-20-. The number of nitrogens with one attached hydrogen (secondary N) is 1. The van der Waals surface area contributed by atoms with Crippen molar-refractivity contribution in [2.45, 2.75) is 63.9 Å². The third-order valence-electron chi connectivity index (χ3n) is 6.22. The first-order valence-electron chi connectivity index (χ1n) is 11.0. The van der Waals surface area contributed by atoms with Crippen LogP contribution in [0.2, 0.25) is 0 Å². The lowest BCUT2D eigenvalue weighted by Gasteiger charge is -2.27. The van der Waals surface area contributed by atoms with E-state index in [2.05, 4.69) is 28.3 Å². The molecule has 0 saturated carbocycles. The highest BCUT2D eigenvalue weighted by molar-refractivity contribution is 8.13. The average Bonchev–Trinajstić information content (AvgIpc) is 3.49. The molecular weight excluding hydrogens is 398 g/mol. The lowest BCUT2D eigenvalue weighted by atomic mass is 9.99. The lowest BCUT2D eigenvalue weighted by molar-refractivity contribution is -0.155. The second-order valence-corrected chi connectivity index (χ2v) is 8.93. The summed E-state index contributed by atoms with van der Waals surface area (Å²) in [5.74, 6) is -0.407. The maximum absolute atomic E-state index is 13.0. The van der Waals surface area contributed by atoms with E-state index in [9.17, 15) is 4.79 Å². The smallest absolute Gasteiger partial charge is 0.359 e. The summed E-state index contributed by atoms with van der Waals surface area (Å²) in [5.41, 5.74) is 5.54. The molecule has 6 nitrogen and oxygen atoms in total. The third-order valence-corrected chi connectivity index (χ3v) is 7.12. The number of thioether (sulfide) groups is 1. The van der Waals surface area contributed by atoms with Gasteiger partial charge in [0.05, 0.1) is 6.61 Å². The molecule has 1 N–H and O–H groups in total. The molecule has 1 heterocycles. The fourth-order valence-corrected chi connectivity index (χ4v) is 5.42. The molecule has 0 spiro atoms. The van der Waals surface area contributed by atoms with Gasteiger partial charge in [-0.05, 0) is 73.5 Å². The van der Waals surface area contributed by atoms with Gasteiger partial charge in [-0.1, -0.05) is 19.4 Å². The molecule has 1 aromatic rings. The molecule has 1 unspecified atom stereocenters. The van der Waals surface area contributed by atoms with Crippen LogP contribution in [0.25, 0.3) is 0 Å². The Morgan fingerprint density at radius 3 is 2.57 bits per heavy atom. The number of hydrogen-bond donors (Lipinski definition) is 1. The van der Waals surface area contributed by atoms with Gasteiger partial charge in [0.1, 0.15) is 11.6 Å². The van der Waals surface area contributed by atoms with Gasteiger partial charge in [0.2, 0.25) is 0 Å². The number of esters is 1. The Labute approximate surface area is 182 Å². The summed E-state index contributed by atoms with van der Waals surface area (Å²) in [6.07, 6.45) is 10.5. The van der Waals surface area contributed by atoms with E-state index in [1.165, 1.54) is 46.9 Å². The van der Waals surface area contributed by atoms with Gasteiger partial charge in [0, 0.05) is 12.7 Å². The molecule has 0 fully saturated rings. The minimum absolute atomic E-state index is 0.186. The number of hydrogen-bond acceptors (Lipinski definition) is 7. The van der Waals surface area contributed by atoms with Crippen molar-refractivity contribution < 1.29 is 14.3 Å². The van der Waals surface area contributed by atoms with Crippen molar-refractivity contribution in [1.29, 1.82) is 0 Å². The molecule has 1 aromatic carbocycles. The Bertz CT molecular complexity index is 864. The van der Waals surface area contributed by atoms with Gasteiger partial charge in [-0.3, -0.25) is 4.99 Å². The fourth-order valence-electron chi connectivity index (χ4n) is 4.72. The highest BCUT2D eigenvalue weighted by Crippen LogP contribution is 2.39. The van der Waals surface area contributed by atoms with Crippen LogP contribution < -0.4 is 5.32 Å². The fraction of sp³-hybridized carbons (Fsp3) is 0.609. The number of aliphatic imine (C=N–C) groups is 2. The molecule has 3 aliphatic rings. The number of carbonyl (C=O) groups is 1. The molecular formula is C23H31N3O3S. The van der Waals surface area contributed by atoms with Crippen LogP contribution in [0.15, 0.2) is 16.1 Å². The third kappa shape index (κ3) is 3.72. The minimum atomic E-state index is -1.29. The Kier molecular flexibility index (Phi) is 6.37. The maximum Gasteiger partial charge on any atom is 0.359 e. The van der Waals surface area contributed by atoms with E-state index >= 15 is 0 Å². The molecule has 162 valence electrons. The van der Waals surface area contributed by atoms with Gasteiger partial charge in [-0.2, -0.15) is 0 Å². The van der Waals surface area contributed by atoms with Gasteiger partial charge in [0.25, 0.3) is 11.6 Å². The number of ether oxygens (including phenoxy) is 2. The lowest BCUT2D eigenvalue weighted by Crippen LogP contribution is -2.50. The molecule has 0 saturated heterocycles. The summed E-state index contributed by atoms with van der Waals surface area (Å²) < 4.78 is 11.8. The molecule has 30 heavy (non-hydrogen) atoms. The maximum atomic E-state index is 13.0. The van der Waals surface area contributed by atoms with E-state index in [-0.39, 0.29) is 6.54 Å². The first-order valence-corrected chi connectivity index (χ1v) is 12.2. The van der Waals surface area contributed by atoms with Crippen LogP contribution in [-0.4, -0.2) is 49.1 Å². The number of nitrogens with zero attached hydrogens (tertiary/aromatic N) is 2. The van der Waals surface area contributed by atoms with E-state index in [0.717, 1.165) is 44.2 Å². The Morgan fingerprint density at radius 2 is 1.97 bits per heavy atom. The largest absolute Gasteiger partial charge is 0.462 e. The Morgan fingerprint density at radius 1 is 1.27 bits per heavy atom. The van der Waals surface area contributed by atoms with E-state index < -0.39 is 11.6 Å². The quantitative estimate of drug-likeness (QED) is 0.321. The van der Waals surface area contributed by atoms with Crippen molar-refractivity contribution in [3.63, 3.8) is 0 Å². The zero-order valence-corrected chi connectivity index (χ0v) is 19.0. The van der Waals surface area contributed by atoms with Crippen LogP contribution in [0.1, 0.15) is 54.9 Å². The number of carbonyl (C=O) groups excluding carboxylic acids is 1. The second-order valence-electron chi connectivity index (χ2n) is 8.13. The predicted octanol–water partition coefficient (Wildman–Crippen LogP) is 3.94. The molecule has 7 heteroatoms. The van der Waals surface area contributed by atoms with Crippen molar-refractivity contribution in [3.05, 3.63) is 28.3 Å². The van der Waals surface area contributed by atoms with E-state index in [0.29, 0.717) is 17.7 Å². The summed E-state index contributed by atoms with van der Waals surface area (Å²) in [5, 5.41) is 4.07. The molecule has 0 aromatic heterocycles. The zero-order chi connectivity index (χ0) is 21.1. The van der Waals surface area contributed by atoms with Crippen LogP contribution in [0.4, 0.5) is 5.69 Å². The monoisotopic (exact) mass is 429 g/mol. The van der Waals surface area contributed by atoms with E-state index in [4.69, 9.17) is 9.47 Å². The predicted molar refractivity (Wildman–Crippen MR) is 123 cm³/mol. The number of benzene rings is 1. The molecule has 1 aliphatic heterocycles. The van der Waals surface area contributed by atoms with Crippen molar-refractivity contribution in [2.75, 3.05) is 31.8 Å². The van der Waals surface area contributed by atoms with Crippen LogP contribution in [0.3, 0.4) is 0 Å². The van der Waals surface area contributed by atoms with Crippen molar-refractivity contribution in [3.8, 4) is 0 Å². The Balaban J connectivity index is 1.59. The summed E-state index contributed by atoms with van der Waals surface area (Å²) >= 11 is 1.41. The van der Waals surface area contributed by atoms with Crippen LogP contribution in [-0.2, 0) is 40.0 Å². The average molecular weight is 430 g/mol. The number of aryl methyl sites for hydroxylation is 2. The molecule has 1 atom stereocenters. The summed E-state index contributed by atoms with van der Waals surface area (Å²) in [6.45, 7) is 2.64. The van der Waals surface area contributed by atoms with Crippen LogP contribution >= 0.6 is 11.8 Å². The number of rotatable bonds is 6. The SMILES string of the molecule is CCCCOC(=O)C1(/C(=N/C)SC)CN=C(Nc2c3c(cc4c2CCC4)CCC3)O1. The number of unbranched alkanes of at least 4 members (excludes halogenated alkanes) is 1. The van der Waals surface area contributed by atoms with Crippen LogP contribution in [0.5, 0.6) is 0 Å². The normalized spacial score (nSPS) is 22.4. The highest BCUT2D eigenvalue weighted by Gasteiger charge is 2.52. The zero-order valence-electron chi connectivity index (χ0n) is 18.2.